The third kappa shape index (κ3) is 10.1. The van der Waals surface area contributed by atoms with Crippen molar-refractivity contribution >= 4 is 12.9 Å². The fourth-order valence-corrected chi connectivity index (χ4v) is 3.31. The van der Waals surface area contributed by atoms with Crippen molar-refractivity contribution in [1.29, 1.82) is 0 Å². The maximum atomic E-state index is 12.6. The van der Waals surface area contributed by atoms with Crippen LogP contribution in [0.3, 0.4) is 0 Å². The van der Waals surface area contributed by atoms with Crippen molar-refractivity contribution < 1.29 is 19.4 Å². The van der Waals surface area contributed by atoms with Gasteiger partial charge in [-0.05, 0) is 58.2 Å². The van der Waals surface area contributed by atoms with Crippen LogP contribution in [-0.4, -0.2) is 54.2 Å². The third-order valence-electron chi connectivity index (χ3n) is 4.82. The molecule has 1 atom stereocenters. The number of fused-ring (bicyclic) bond motifs is 1. The molecule has 0 fully saturated rings. The van der Waals surface area contributed by atoms with E-state index >= 15 is 0 Å². The molecular formula is C26H38N2O4. The van der Waals surface area contributed by atoms with E-state index in [0.29, 0.717) is 13.1 Å². The van der Waals surface area contributed by atoms with E-state index in [-0.39, 0.29) is 18.7 Å². The summed E-state index contributed by atoms with van der Waals surface area (Å²) in [5.74, 6) is 0. The maximum absolute atomic E-state index is 12.6. The average molecular weight is 443 g/mol. The van der Waals surface area contributed by atoms with Gasteiger partial charge in [-0.15, -0.1) is 0 Å². The quantitative estimate of drug-likeness (QED) is 0.681. The van der Waals surface area contributed by atoms with Crippen molar-refractivity contribution in [1.82, 2.24) is 10.2 Å². The zero-order valence-corrected chi connectivity index (χ0v) is 19.8. The summed E-state index contributed by atoms with van der Waals surface area (Å²) < 4.78 is 5.57. The lowest BCUT2D eigenvalue weighted by Crippen LogP contribution is -2.50. The summed E-state index contributed by atoms with van der Waals surface area (Å²) in [6.07, 6.45) is 1.28. The van der Waals surface area contributed by atoms with Gasteiger partial charge in [0, 0.05) is 19.7 Å². The number of nitrogens with zero attached hydrogens (tertiary/aromatic N) is 1. The van der Waals surface area contributed by atoms with E-state index in [4.69, 9.17) is 14.6 Å². The molecule has 1 unspecified atom stereocenters. The van der Waals surface area contributed by atoms with Crippen molar-refractivity contribution in [3.63, 3.8) is 0 Å². The number of rotatable bonds is 5. The summed E-state index contributed by atoms with van der Waals surface area (Å²) >= 11 is 0. The van der Waals surface area contributed by atoms with Crippen LogP contribution in [-0.2, 0) is 22.5 Å². The Morgan fingerprint density at radius 1 is 1.09 bits per heavy atom. The van der Waals surface area contributed by atoms with Gasteiger partial charge in [0.1, 0.15) is 12.4 Å². The predicted molar refractivity (Wildman–Crippen MR) is 129 cm³/mol. The van der Waals surface area contributed by atoms with Crippen molar-refractivity contribution in [2.75, 3.05) is 19.7 Å². The van der Waals surface area contributed by atoms with Crippen LogP contribution in [0, 0.1) is 6.92 Å². The van der Waals surface area contributed by atoms with E-state index in [1.54, 1.807) is 0 Å². The highest BCUT2D eigenvalue weighted by Crippen LogP contribution is 2.25. The van der Waals surface area contributed by atoms with Gasteiger partial charge in [0.05, 0.1) is 6.04 Å². The molecule has 0 aliphatic carbocycles. The predicted octanol–water partition coefficient (Wildman–Crippen LogP) is 4.13. The molecule has 0 bridgehead atoms. The van der Waals surface area contributed by atoms with Crippen LogP contribution in [0.25, 0.3) is 0 Å². The standard InChI is InChI=1S/C18H28N2O3.C7H8.CH2O/c1-18(2,3)23-17(22)20-13-15-8-5-4-7-14(15)11-16(20)12-19-9-6-10-21;1-7-5-3-2-4-6-7;1-2/h4-5,7-8,16,19,21H,6,9-13H2,1-3H3;2-6H,1H3;1H2. The Hall–Kier alpha value is -2.70. The Bertz CT molecular complexity index is 790. The maximum Gasteiger partial charge on any atom is 0.410 e. The van der Waals surface area contributed by atoms with E-state index < -0.39 is 5.60 Å². The number of aliphatic hydroxyl groups excluding tert-OH is 1. The zero-order chi connectivity index (χ0) is 24.0. The molecular weight excluding hydrogens is 404 g/mol. The molecule has 0 aromatic heterocycles. The Labute approximate surface area is 192 Å². The summed E-state index contributed by atoms with van der Waals surface area (Å²) in [6, 6.07) is 18.6. The number of benzene rings is 2. The normalized spacial score (nSPS) is 14.8. The van der Waals surface area contributed by atoms with Crippen LogP contribution in [0.5, 0.6) is 0 Å². The van der Waals surface area contributed by atoms with Crippen LogP contribution in [0.1, 0.15) is 43.9 Å². The van der Waals surface area contributed by atoms with Crippen LogP contribution < -0.4 is 5.32 Å². The summed E-state index contributed by atoms with van der Waals surface area (Å²) in [5.41, 5.74) is 3.30. The van der Waals surface area contributed by atoms with Gasteiger partial charge in [0.15, 0.2) is 0 Å². The molecule has 1 amide bonds. The molecule has 1 aliphatic rings. The van der Waals surface area contributed by atoms with Crippen LogP contribution in [0.4, 0.5) is 4.79 Å². The SMILES string of the molecule is C=O.CC(C)(C)OC(=O)N1Cc2ccccc2CC1CNCCCO.Cc1ccccc1. The van der Waals surface area contributed by atoms with Crippen LogP contribution in [0.15, 0.2) is 54.6 Å². The first kappa shape index (κ1) is 27.3. The minimum absolute atomic E-state index is 0.0680. The highest BCUT2D eigenvalue weighted by molar-refractivity contribution is 5.69. The summed E-state index contributed by atoms with van der Waals surface area (Å²) in [7, 11) is 0. The Balaban J connectivity index is 0.000000477. The van der Waals surface area contributed by atoms with Gasteiger partial charge in [-0.2, -0.15) is 0 Å². The van der Waals surface area contributed by atoms with Gasteiger partial charge in [-0.1, -0.05) is 60.2 Å². The van der Waals surface area contributed by atoms with E-state index in [0.717, 1.165) is 19.4 Å². The molecule has 1 heterocycles. The van der Waals surface area contributed by atoms with Crippen molar-refractivity contribution in [3.8, 4) is 0 Å². The third-order valence-corrected chi connectivity index (χ3v) is 4.82. The van der Waals surface area contributed by atoms with Gasteiger partial charge in [-0.3, -0.25) is 4.90 Å². The lowest BCUT2D eigenvalue weighted by molar-refractivity contribution is -0.0980. The number of nitrogens with one attached hydrogen (secondary N) is 1. The van der Waals surface area contributed by atoms with Gasteiger partial charge in [-0.25, -0.2) is 4.79 Å². The van der Waals surface area contributed by atoms with E-state index in [9.17, 15) is 4.79 Å². The lowest BCUT2D eigenvalue weighted by Gasteiger charge is -2.38. The average Bonchev–Trinajstić information content (AvgIpc) is 2.77. The second kappa shape index (κ2) is 14.4. The van der Waals surface area contributed by atoms with Crippen molar-refractivity contribution in [2.24, 2.45) is 0 Å². The molecule has 0 spiro atoms. The Morgan fingerprint density at radius 3 is 2.22 bits per heavy atom. The van der Waals surface area contributed by atoms with E-state index in [1.165, 1.54) is 16.7 Å². The summed E-state index contributed by atoms with van der Waals surface area (Å²) in [5, 5.41) is 12.2. The van der Waals surface area contributed by atoms with Crippen molar-refractivity contribution in [3.05, 3.63) is 71.3 Å². The number of carbonyl (C=O) groups is 2. The topological polar surface area (TPSA) is 78.9 Å². The molecule has 0 saturated carbocycles. The minimum atomic E-state index is -0.497. The van der Waals surface area contributed by atoms with E-state index in [2.05, 4.69) is 36.5 Å². The Morgan fingerprint density at radius 2 is 1.69 bits per heavy atom. The number of aliphatic hydroxyl groups is 1. The van der Waals surface area contributed by atoms with Gasteiger partial charge >= 0.3 is 6.09 Å². The fraction of sp³-hybridized carbons (Fsp3) is 0.462. The monoisotopic (exact) mass is 442 g/mol. The number of ether oxygens (including phenoxy) is 1. The van der Waals surface area contributed by atoms with E-state index in [1.807, 2.05) is 62.8 Å². The number of aryl methyl sites for hydroxylation is 1. The molecule has 6 heteroatoms. The first-order chi connectivity index (χ1) is 15.3. The molecule has 2 N–H and O–H groups in total. The molecule has 2 aromatic rings. The van der Waals surface area contributed by atoms with Crippen LogP contribution >= 0.6 is 0 Å². The highest BCUT2D eigenvalue weighted by Gasteiger charge is 2.32. The molecule has 2 aromatic carbocycles. The van der Waals surface area contributed by atoms with Gasteiger partial charge in [0.2, 0.25) is 0 Å². The van der Waals surface area contributed by atoms with Gasteiger partial charge < -0.3 is 20.0 Å². The molecule has 6 nitrogen and oxygen atoms in total. The minimum Gasteiger partial charge on any atom is -0.444 e. The zero-order valence-electron chi connectivity index (χ0n) is 19.8. The van der Waals surface area contributed by atoms with Crippen molar-refractivity contribution in [2.45, 2.75) is 58.7 Å². The largest absolute Gasteiger partial charge is 0.444 e. The first-order valence-corrected chi connectivity index (χ1v) is 11.0. The lowest BCUT2D eigenvalue weighted by atomic mass is 9.94. The summed E-state index contributed by atoms with van der Waals surface area (Å²) in [4.78, 5) is 22.4. The second-order valence-corrected chi connectivity index (χ2v) is 8.67. The highest BCUT2D eigenvalue weighted by atomic mass is 16.6. The van der Waals surface area contributed by atoms with Gasteiger partial charge in [0.25, 0.3) is 0 Å². The molecule has 0 radical (unpaired) electrons. The molecule has 0 saturated heterocycles. The second-order valence-electron chi connectivity index (χ2n) is 8.67. The number of carbonyl (C=O) groups excluding carboxylic acids is 2. The molecule has 176 valence electrons. The smallest absolute Gasteiger partial charge is 0.410 e. The molecule has 1 aliphatic heterocycles. The molecule has 32 heavy (non-hydrogen) atoms. The summed E-state index contributed by atoms with van der Waals surface area (Å²) in [6.45, 7) is 11.9. The fourth-order valence-electron chi connectivity index (χ4n) is 3.31. The Kier molecular flexibility index (Phi) is 12.3. The van der Waals surface area contributed by atoms with Crippen LogP contribution in [0.2, 0.25) is 0 Å². The number of hydrogen-bond donors (Lipinski definition) is 2. The number of hydrogen-bond acceptors (Lipinski definition) is 5. The first-order valence-electron chi connectivity index (χ1n) is 11.0. The molecule has 3 rings (SSSR count). The number of amides is 1.